The Hall–Kier alpha value is -0.340. The van der Waals surface area contributed by atoms with Gasteiger partial charge >= 0.3 is 0 Å². The van der Waals surface area contributed by atoms with Gasteiger partial charge in [0.25, 0.3) is 0 Å². The van der Waals surface area contributed by atoms with Crippen molar-refractivity contribution in [1.82, 2.24) is 4.90 Å². The van der Waals surface area contributed by atoms with Gasteiger partial charge in [0, 0.05) is 19.1 Å². The molecule has 0 aromatic heterocycles. The van der Waals surface area contributed by atoms with E-state index < -0.39 is 0 Å². The average molecular weight is 182 g/mol. The lowest BCUT2D eigenvalue weighted by atomic mass is 10.1. The van der Waals surface area contributed by atoms with Crippen LogP contribution in [0.25, 0.3) is 0 Å². The molecule has 0 aliphatic carbocycles. The highest BCUT2D eigenvalue weighted by molar-refractivity contribution is 5.04. The van der Waals surface area contributed by atoms with E-state index in [0.29, 0.717) is 6.04 Å². The minimum absolute atomic E-state index is 0.395. The summed E-state index contributed by atoms with van der Waals surface area (Å²) in [4.78, 5) is 2.50. The molecule has 2 heteroatoms. The number of hydrogen-bond donors (Lipinski definition) is 1. The third kappa shape index (κ3) is 3.92. The fourth-order valence-corrected chi connectivity index (χ4v) is 1.73. The van der Waals surface area contributed by atoms with E-state index in [1.54, 1.807) is 0 Å². The van der Waals surface area contributed by atoms with E-state index in [2.05, 4.69) is 24.8 Å². The molecule has 2 N–H and O–H groups in total. The fraction of sp³-hybridized carbons (Fsp3) is 0.818. The Kier molecular flexibility index (Phi) is 4.46. The molecular formula is C11H22N2. The van der Waals surface area contributed by atoms with Crippen LogP contribution in [0.3, 0.4) is 0 Å². The lowest BCUT2D eigenvalue weighted by Gasteiger charge is -2.26. The summed E-state index contributed by atoms with van der Waals surface area (Å²) >= 11 is 0. The maximum Gasteiger partial charge on any atom is 0.0190 e. The first-order valence-corrected chi connectivity index (χ1v) is 5.36. The van der Waals surface area contributed by atoms with E-state index in [0.717, 1.165) is 19.4 Å². The molecule has 0 radical (unpaired) electrons. The second-order valence-corrected chi connectivity index (χ2v) is 4.07. The van der Waals surface area contributed by atoms with Crippen LogP contribution in [0.1, 0.15) is 33.1 Å². The topological polar surface area (TPSA) is 29.3 Å². The summed E-state index contributed by atoms with van der Waals surface area (Å²) in [6.45, 7) is 7.91. The Morgan fingerprint density at radius 3 is 3.00 bits per heavy atom. The molecule has 0 saturated carbocycles. The molecule has 13 heavy (non-hydrogen) atoms. The molecule has 0 aromatic rings. The molecule has 0 bridgehead atoms. The highest BCUT2D eigenvalue weighted by Gasteiger charge is 2.10. The Bertz CT molecular complexity index is 175. The van der Waals surface area contributed by atoms with Gasteiger partial charge in [0.05, 0.1) is 0 Å². The first-order valence-electron chi connectivity index (χ1n) is 5.36. The molecule has 1 heterocycles. The molecule has 76 valence electrons. The molecule has 2 nitrogen and oxygen atoms in total. The molecule has 1 aliphatic rings. The molecule has 0 spiro atoms. The van der Waals surface area contributed by atoms with Gasteiger partial charge in [-0.3, -0.25) is 4.90 Å². The van der Waals surface area contributed by atoms with Crippen LogP contribution in [-0.2, 0) is 0 Å². The highest BCUT2D eigenvalue weighted by Crippen LogP contribution is 2.09. The van der Waals surface area contributed by atoms with Crippen molar-refractivity contribution in [3.8, 4) is 0 Å². The van der Waals surface area contributed by atoms with Gasteiger partial charge in [0.1, 0.15) is 0 Å². The number of nitrogens with two attached hydrogens (primary N) is 1. The zero-order valence-electron chi connectivity index (χ0n) is 8.92. The Morgan fingerprint density at radius 2 is 2.38 bits per heavy atom. The minimum atomic E-state index is 0.395. The van der Waals surface area contributed by atoms with Crippen LogP contribution in [0.15, 0.2) is 11.6 Å². The largest absolute Gasteiger partial charge is 0.328 e. The highest BCUT2D eigenvalue weighted by atomic mass is 15.1. The normalized spacial score (nSPS) is 21.3. The summed E-state index contributed by atoms with van der Waals surface area (Å²) in [6.07, 6.45) is 5.80. The third-order valence-electron chi connectivity index (χ3n) is 2.75. The Labute approximate surface area is 81.8 Å². The summed E-state index contributed by atoms with van der Waals surface area (Å²) in [5, 5.41) is 0. The minimum Gasteiger partial charge on any atom is -0.328 e. The van der Waals surface area contributed by atoms with E-state index in [4.69, 9.17) is 5.73 Å². The van der Waals surface area contributed by atoms with Crippen LogP contribution in [-0.4, -0.2) is 30.6 Å². The van der Waals surface area contributed by atoms with Crippen molar-refractivity contribution in [2.45, 2.75) is 39.2 Å². The maximum absolute atomic E-state index is 5.88. The summed E-state index contributed by atoms with van der Waals surface area (Å²) in [6, 6.07) is 0.395. The van der Waals surface area contributed by atoms with Crippen molar-refractivity contribution in [2.24, 2.45) is 5.73 Å². The molecule has 1 rings (SSSR count). The van der Waals surface area contributed by atoms with Crippen LogP contribution in [0.4, 0.5) is 0 Å². The van der Waals surface area contributed by atoms with Crippen molar-refractivity contribution >= 4 is 0 Å². The Balaban J connectivity index is 2.19. The van der Waals surface area contributed by atoms with E-state index in [1.165, 1.54) is 25.1 Å². The molecule has 1 unspecified atom stereocenters. The lowest BCUT2D eigenvalue weighted by Crippen LogP contribution is -2.33. The summed E-state index contributed by atoms with van der Waals surface area (Å²) < 4.78 is 0. The number of rotatable bonds is 4. The van der Waals surface area contributed by atoms with E-state index in [1.807, 2.05) is 0 Å². The lowest BCUT2D eigenvalue weighted by molar-refractivity contribution is 0.277. The molecule has 0 fully saturated rings. The van der Waals surface area contributed by atoms with Crippen LogP contribution in [0, 0.1) is 0 Å². The molecule has 0 saturated heterocycles. The van der Waals surface area contributed by atoms with Gasteiger partial charge in [-0.2, -0.15) is 0 Å². The quantitative estimate of drug-likeness (QED) is 0.671. The predicted octanol–water partition coefficient (Wildman–Crippen LogP) is 1.77. The standard InChI is InChI=1S/C11H22N2/c1-3-11(12)6-8-13-7-4-5-10(2)9-13/h5,11H,3-4,6-9,12H2,1-2H3. The average Bonchev–Trinajstić information content (AvgIpc) is 2.14. The van der Waals surface area contributed by atoms with Gasteiger partial charge in [-0.25, -0.2) is 0 Å². The number of hydrogen-bond acceptors (Lipinski definition) is 2. The van der Waals surface area contributed by atoms with Gasteiger partial charge in [-0.05, 0) is 32.7 Å². The van der Waals surface area contributed by atoms with Crippen molar-refractivity contribution in [3.05, 3.63) is 11.6 Å². The van der Waals surface area contributed by atoms with Crippen LogP contribution in [0.2, 0.25) is 0 Å². The molecule has 0 aromatic carbocycles. The van der Waals surface area contributed by atoms with Crippen LogP contribution < -0.4 is 5.73 Å². The zero-order chi connectivity index (χ0) is 9.68. The predicted molar refractivity (Wildman–Crippen MR) is 57.7 cm³/mol. The van der Waals surface area contributed by atoms with Gasteiger partial charge < -0.3 is 5.73 Å². The van der Waals surface area contributed by atoms with E-state index in [9.17, 15) is 0 Å². The molecule has 0 amide bonds. The first-order chi connectivity index (χ1) is 6.22. The molecule has 1 atom stereocenters. The van der Waals surface area contributed by atoms with Gasteiger partial charge in [-0.15, -0.1) is 0 Å². The van der Waals surface area contributed by atoms with Crippen molar-refractivity contribution in [2.75, 3.05) is 19.6 Å². The monoisotopic (exact) mass is 182 g/mol. The summed E-state index contributed by atoms with van der Waals surface area (Å²) in [5.74, 6) is 0. The molecule has 1 aliphatic heterocycles. The summed E-state index contributed by atoms with van der Waals surface area (Å²) in [7, 11) is 0. The van der Waals surface area contributed by atoms with Crippen LogP contribution in [0.5, 0.6) is 0 Å². The van der Waals surface area contributed by atoms with E-state index >= 15 is 0 Å². The summed E-state index contributed by atoms with van der Waals surface area (Å²) in [5.41, 5.74) is 7.39. The van der Waals surface area contributed by atoms with Crippen molar-refractivity contribution in [3.63, 3.8) is 0 Å². The Morgan fingerprint density at radius 1 is 1.62 bits per heavy atom. The zero-order valence-corrected chi connectivity index (χ0v) is 8.92. The maximum atomic E-state index is 5.88. The second kappa shape index (κ2) is 5.40. The van der Waals surface area contributed by atoms with Crippen LogP contribution >= 0.6 is 0 Å². The van der Waals surface area contributed by atoms with Gasteiger partial charge in [0.15, 0.2) is 0 Å². The smallest absolute Gasteiger partial charge is 0.0190 e. The first kappa shape index (κ1) is 10.7. The third-order valence-corrected chi connectivity index (χ3v) is 2.75. The SMILES string of the molecule is CCC(N)CCN1CCC=C(C)C1. The van der Waals surface area contributed by atoms with Gasteiger partial charge in [0.2, 0.25) is 0 Å². The molecular weight excluding hydrogens is 160 g/mol. The fourth-order valence-electron chi connectivity index (χ4n) is 1.73. The van der Waals surface area contributed by atoms with E-state index in [-0.39, 0.29) is 0 Å². The van der Waals surface area contributed by atoms with Crippen molar-refractivity contribution < 1.29 is 0 Å². The van der Waals surface area contributed by atoms with Crippen molar-refractivity contribution in [1.29, 1.82) is 0 Å². The second-order valence-electron chi connectivity index (χ2n) is 4.07. The van der Waals surface area contributed by atoms with Gasteiger partial charge in [-0.1, -0.05) is 18.6 Å². The number of nitrogens with zero attached hydrogens (tertiary/aromatic N) is 1.